The summed E-state index contributed by atoms with van der Waals surface area (Å²) in [6.07, 6.45) is 4.25. The number of aliphatic carboxylic acids is 1. The van der Waals surface area contributed by atoms with E-state index in [2.05, 4.69) is 15.7 Å². The lowest BCUT2D eigenvalue weighted by atomic mass is 10.1. The Kier molecular flexibility index (Phi) is 5.02. The highest BCUT2D eigenvalue weighted by Gasteiger charge is 2.30. The number of nitrogens with zero attached hydrogens (tertiary/aromatic N) is 2. The van der Waals surface area contributed by atoms with Gasteiger partial charge in [-0.15, -0.1) is 0 Å². The first-order chi connectivity index (χ1) is 11.3. The molecule has 0 aromatic carbocycles. The molecule has 24 heavy (non-hydrogen) atoms. The second-order valence-electron chi connectivity index (χ2n) is 5.57. The number of carbonyl (C=O) groups is 3. The Balaban J connectivity index is 1.82. The van der Waals surface area contributed by atoms with Gasteiger partial charge in [-0.25, -0.2) is 4.79 Å². The van der Waals surface area contributed by atoms with E-state index in [0.29, 0.717) is 5.69 Å². The molecule has 0 spiro atoms. The summed E-state index contributed by atoms with van der Waals surface area (Å²) >= 11 is 0. The maximum Gasteiger partial charge on any atom is 0.331 e. The van der Waals surface area contributed by atoms with Crippen molar-refractivity contribution in [1.82, 2.24) is 15.1 Å². The number of hydrogen-bond acceptors (Lipinski definition) is 5. The van der Waals surface area contributed by atoms with Gasteiger partial charge in [0.15, 0.2) is 11.3 Å². The van der Waals surface area contributed by atoms with Crippen molar-refractivity contribution < 1.29 is 23.9 Å². The number of amides is 2. The third kappa shape index (κ3) is 4.00. The third-order valence-electron chi connectivity index (χ3n) is 3.35. The second kappa shape index (κ2) is 6.99. The van der Waals surface area contributed by atoms with Crippen molar-refractivity contribution in [3.8, 4) is 0 Å². The predicted octanol–water partition coefficient (Wildman–Crippen LogP) is 1.05. The molecule has 0 aliphatic carbocycles. The van der Waals surface area contributed by atoms with Gasteiger partial charge < -0.3 is 20.2 Å². The first-order valence-electron chi connectivity index (χ1n) is 7.21. The van der Waals surface area contributed by atoms with E-state index >= 15 is 0 Å². The zero-order chi connectivity index (χ0) is 17.7. The lowest BCUT2D eigenvalue weighted by Crippen LogP contribution is -2.35. The zero-order valence-electron chi connectivity index (χ0n) is 13.3. The Morgan fingerprint density at radius 2 is 2.12 bits per heavy atom. The van der Waals surface area contributed by atoms with Gasteiger partial charge in [-0.3, -0.25) is 14.3 Å². The van der Waals surface area contributed by atoms with Gasteiger partial charge in [0.1, 0.15) is 0 Å². The van der Waals surface area contributed by atoms with Crippen LogP contribution in [0.15, 0.2) is 35.2 Å². The predicted molar refractivity (Wildman–Crippen MR) is 83.5 cm³/mol. The van der Waals surface area contributed by atoms with Crippen molar-refractivity contribution in [2.45, 2.75) is 25.8 Å². The fourth-order valence-electron chi connectivity index (χ4n) is 1.80. The van der Waals surface area contributed by atoms with Crippen LogP contribution in [0.25, 0.3) is 0 Å². The van der Waals surface area contributed by atoms with Gasteiger partial charge in [0.2, 0.25) is 5.91 Å². The van der Waals surface area contributed by atoms with E-state index in [1.165, 1.54) is 43.3 Å². The average Bonchev–Trinajstić information content (AvgIpc) is 3.18. The van der Waals surface area contributed by atoms with Gasteiger partial charge >= 0.3 is 5.97 Å². The maximum absolute atomic E-state index is 11.8. The molecule has 128 valence electrons. The highest BCUT2D eigenvalue weighted by molar-refractivity contribution is 5.93. The summed E-state index contributed by atoms with van der Waals surface area (Å²) in [6.45, 7) is 3.14. The van der Waals surface area contributed by atoms with Crippen molar-refractivity contribution in [3.63, 3.8) is 0 Å². The molecule has 0 saturated carbocycles. The number of hydrogen-bond donors (Lipinski definition) is 3. The second-order valence-corrected chi connectivity index (χ2v) is 5.57. The molecule has 2 aromatic rings. The number of carboxylic acid groups (broad SMARTS) is 1. The van der Waals surface area contributed by atoms with Crippen LogP contribution < -0.4 is 10.6 Å². The van der Waals surface area contributed by atoms with E-state index in [4.69, 9.17) is 9.52 Å². The zero-order valence-corrected chi connectivity index (χ0v) is 13.3. The minimum Gasteiger partial charge on any atom is -0.479 e. The molecular formula is C15H18N4O5. The number of anilines is 1. The molecule has 0 fully saturated rings. The first-order valence-corrected chi connectivity index (χ1v) is 7.21. The molecule has 0 radical (unpaired) electrons. The maximum atomic E-state index is 11.8. The Hall–Kier alpha value is -3.10. The fraction of sp³-hybridized carbons (Fsp3) is 0.333. The first kappa shape index (κ1) is 17.3. The quantitative estimate of drug-likeness (QED) is 0.695. The van der Waals surface area contributed by atoms with Crippen molar-refractivity contribution in [3.05, 3.63) is 36.5 Å². The number of aromatic nitrogens is 2. The highest BCUT2D eigenvalue weighted by Crippen LogP contribution is 2.17. The number of carboxylic acids is 1. The number of furan rings is 1. The highest BCUT2D eigenvalue weighted by atomic mass is 16.4. The Bertz CT molecular complexity index is 733. The molecule has 2 amide bonds. The molecule has 0 unspecified atom stereocenters. The van der Waals surface area contributed by atoms with E-state index in [1.807, 2.05) is 0 Å². The van der Waals surface area contributed by atoms with Gasteiger partial charge in [-0.2, -0.15) is 5.10 Å². The van der Waals surface area contributed by atoms with Crippen LogP contribution in [0, 0.1) is 0 Å². The van der Waals surface area contributed by atoms with Crippen LogP contribution >= 0.6 is 0 Å². The largest absolute Gasteiger partial charge is 0.479 e. The van der Waals surface area contributed by atoms with Crippen molar-refractivity contribution >= 4 is 23.5 Å². The summed E-state index contributed by atoms with van der Waals surface area (Å²) in [5.74, 6) is -1.59. The Morgan fingerprint density at radius 1 is 1.38 bits per heavy atom. The minimum absolute atomic E-state index is 0.0555. The van der Waals surface area contributed by atoms with Crippen LogP contribution in [-0.2, 0) is 15.1 Å². The monoisotopic (exact) mass is 334 g/mol. The van der Waals surface area contributed by atoms with Crippen LogP contribution in [0.4, 0.5) is 5.69 Å². The topological polar surface area (TPSA) is 126 Å². The summed E-state index contributed by atoms with van der Waals surface area (Å²) in [7, 11) is 0. The minimum atomic E-state index is -1.22. The number of carbonyl (C=O) groups excluding carboxylic acids is 2. The molecule has 9 heteroatoms. The van der Waals surface area contributed by atoms with Crippen LogP contribution in [0.3, 0.4) is 0 Å². The molecule has 9 nitrogen and oxygen atoms in total. The Labute approximate surface area is 137 Å². The van der Waals surface area contributed by atoms with Gasteiger partial charge in [-0.05, 0) is 26.0 Å². The van der Waals surface area contributed by atoms with Crippen LogP contribution in [-0.4, -0.2) is 39.2 Å². The average molecular weight is 334 g/mol. The van der Waals surface area contributed by atoms with E-state index in [-0.39, 0.29) is 24.6 Å². The van der Waals surface area contributed by atoms with E-state index < -0.39 is 17.4 Å². The molecule has 0 atom stereocenters. The van der Waals surface area contributed by atoms with Crippen molar-refractivity contribution in [2.24, 2.45) is 0 Å². The number of rotatable bonds is 7. The SMILES string of the molecule is CC(C)(C(=O)O)n1cc(NC(=O)CCNC(=O)c2ccco2)cn1. The van der Waals surface area contributed by atoms with Gasteiger partial charge in [0, 0.05) is 19.2 Å². The molecule has 2 aromatic heterocycles. The third-order valence-corrected chi connectivity index (χ3v) is 3.35. The molecule has 0 saturated heterocycles. The van der Waals surface area contributed by atoms with Gasteiger partial charge in [0.25, 0.3) is 5.91 Å². The van der Waals surface area contributed by atoms with Gasteiger partial charge in [-0.1, -0.05) is 0 Å². The molecular weight excluding hydrogens is 316 g/mol. The summed E-state index contributed by atoms with van der Waals surface area (Å²) < 4.78 is 6.18. The molecule has 0 bridgehead atoms. The summed E-state index contributed by atoms with van der Waals surface area (Å²) in [5, 5.41) is 18.2. The summed E-state index contributed by atoms with van der Waals surface area (Å²) in [6, 6.07) is 3.12. The number of nitrogens with one attached hydrogen (secondary N) is 2. The molecule has 2 heterocycles. The molecule has 3 N–H and O–H groups in total. The normalized spacial score (nSPS) is 11.1. The summed E-state index contributed by atoms with van der Waals surface area (Å²) in [5.41, 5.74) is -0.841. The van der Waals surface area contributed by atoms with Crippen LogP contribution in [0.2, 0.25) is 0 Å². The van der Waals surface area contributed by atoms with Crippen LogP contribution in [0.1, 0.15) is 30.8 Å². The molecule has 2 rings (SSSR count). The lowest BCUT2D eigenvalue weighted by Gasteiger charge is -2.19. The van der Waals surface area contributed by atoms with Crippen molar-refractivity contribution in [2.75, 3.05) is 11.9 Å². The van der Waals surface area contributed by atoms with E-state index in [9.17, 15) is 14.4 Å². The van der Waals surface area contributed by atoms with Gasteiger partial charge in [0.05, 0.1) is 18.1 Å². The summed E-state index contributed by atoms with van der Waals surface area (Å²) in [4.78, 5) is 34.6. The molecule has 0 aliphatic heterocycles. The van der Waals surface area contributed by atoms with E-state index in [1.54, 1.807) is 6.07 Å². The van der Waals surface area contributed by atoms with E-state index in [0.717, 1.165) is 0 Å². The standard InChI is InChI=1S/C15H18N4O5/c1-15(2,14(22)23)19-9-10(8-17-19)18-12(20)5-6-16-13(21)11-4-3-7-24-11/h3-4,7-9H,5-6H2,1-2H3,(H,16,21)(H,18,20)(H,22,23). The Morgan fingerprint density at radius 3 is 2.75 bits per heavy atom. The smallest absolute Gasteiger partial charge is 0.331 e. The molecule has 0 aliphatic rings. The fourth-order valence-corrected chi connectivity index (χ4v) is 1.80. The van der Waals surface area contributed by atoms with Crippen LogP contribution in [0.5, 0.6) is 0 Å². The lowest BCUT2D eigenvalue weighted by molar-refractivity contribution is -0.146. The van der Waals surface area contributed by atoms with Crippen molar-refractivity contribution in [1.29, 1.82) is 0 Å².